The number of para-hydroxylation sites is 3. The van der Waals surface area contributed by atoms with Gasteiger partial charge in [-0.25, -0.2) is 0 Å². The molecule has 0 radical (unpaired) electrons. The van der Waals surface area contributed by atoms with Crippen molar-refractivity contribution in [2.45, 2.75) is 39.0 Å². The van der Waals surface area contributed by atoms with Crippen molar-refractivity contribution < 1.29 is 19.1 Å². The first kappa shape index (κ1) is 21.7. The largest absolute Gasteiger partial charge is 0.491 e. The number of benzene rings is 2. The normalized spacial score (nSPS) is 14.0. The van der Waals surface area contributed by atoms with E-state index in [1.807, 2.05) is 30.0 Å². The fourth-order valence-electron chi connectivity index (χ4n) is 3.43. The quantitative estimate of drug-likeness (QED) is 0.695. The van der Waals surface area contributed by atoms with E-state index >= 15 is 0 Å². The molecule has 6 heteroatoms. The number of carbonyl (C=O) groups excluding carboxylic acids is 2. The summed E-state index contributed by atoms with van der Waals surface area (Å²) in [7, 11) is 0. The van der Waals surface area contributed by atoms with Gasteiger partial charge in [-0.2, -0.15) is 0 Å². The third-order valence-corrected chi connectivity index (χ3v) is 5.04. The lowest BCUT2D eigenvalue weighted by Gasteiger charge is -2.20. The van der Waals surface area contributed by atoms with Gasteiger partial charge in [0.15, 0.2) is 6.61 Å². The molecule has 0 aliphatic carbocycles. The third-order valence-electron chi connectivity index (χ3n) is 5.04. The molecule has 3 rings (SSSR count). The molecule has 0 saturated carbocycles. The standard InChI is InChI=1S/C24H30N2O4/c1-2-17-29-22-14-8-6-12-20(22)25-24(28)19-11-5-7-13-21(19)30-18-23(27)26-15-9-3-4-10-16-26/h5-8,11-14H,2-4,9-10,15-18H2,1H3,(H,25,28). The van der Waals surface area contributed by atoms with E-state index in [4.69, 9.17) is 9.47 Å². The lowest BCUT2D eigenvalue weighted by Crippen LogP contribution is -2.35. The van der Waals surface area contributed by atoms with E-state index in [1.54, 1.807) is 30.3 Å². The SMILES string of the molecule is CCCOc1ccccc1NC(=O)c1ccccc1OCC(=O)N1CCCCCC1. The predicted molar refractivity (Wildman–Crippen MR) is 117 cm³/mol. The Bertz CT molecular complexity index is 845. The van der Waals surface area contributed by atoms with Crippen LogP contribution in [0.15, 0.2) is 48.5 Å². The number of rotatable bonds is 8. The first-order valence-corrected chi connectivity index (χ1v) is 10.7. The maximum atomic E-state index is 12.9. The van der Waals surface area contributed by atoms with Crippen molar-refractivity contribution in [1.29, 1.82) is 0 Å². The first-order valence-electron chi connectivity index (χ1n) is 10.7. The van der Waals surface area contributed by atoms with E-state index in [1.165, 1.54) is 0 Å². The van der Waals surface area contributed by atoms with Gasteiger partial charge in [0.1, 0.15) is 11.5 Å². The second-order valence-corrected chi connectivity index (χ2v) is 7.38. The van der Waals surface area contributed by atoms with Crippen molar-refractivity contribution in [2.75, 3.05) is 31.6 Å². The fourth-order valence-corrected chi connectivity index (χ4v) is 3.43. The van der Waals surface area contributed by atoms with E-state index in [0.29, 0.717) is 29.4 Å². The highest BCUT2D eigenvalue weighted by atomic mass is 16.5. The van der Waals surface area contributed by atoms with Crippen LogP contribution in [0.4, 0.5) is 5.69 Å². The smallest absolute Gasteiger partial charge is 0.260 e. The number of hydrogen-bond donors (Lipinski definition) is 1. The van der Waals surface area contributed by atoms with Crippen molar-refractivity contribution in [3.8, 4) is 11.5 Å². The van der Waals surface area contributed by atoms with Gasteiger partial charge >= 0.3 is 0 Å². The van der Waals surface area contributed by atoms with Gasteiger partial charge in [-0.1, -0.05) is 44.0 Å². The molecule has 1 saturated heterocycles. The Morgan fingerprint density at radius 2 is 1.57 bits per heavy atom. The minimum absolute atomic E-state index is 0.0366. The topological polar surface area (TPSA) is 67.9 Å². The van der Waals surface area contributed by atoms with Crippen molar-refractivity contribution in [2.24, 2.45) is 0 Å². The average molecular weight is 411 g/mol. The van der Waals surface area contributed by atoms with Gasteiger partial charge in [0.25, 0.3) is 11.8 Å². The summed E-state index contributed by atoms with van der Waals surface area (Å²) in [5.74, 6) is 0.679. The van der Waals surface area contributed by atoms with E-state index in [-0.39, 0.29) is 18.4 Å². The zero-order chi connectivity index (χ0) is 21.2. The number of nitrogens with one attached hydrogen (secondary N) is 1. The molecule has 1 N–H and O–H groups in total. The van der Waals surface area contributed by atoms with E-state index < -0.39 is 0 Å². The summed E-state index contributed by atoms with van der Waals surface area (Å²) in [4.78, 5) is 27.3. The zero-order valence-electron chi connectivity index (χ0n) is 17.6. The zero-order valence-corrected chi connectivity index (χ0v) is 17.6. The number of nitrogens with zero attached hydrogens (tertiary/aromatic N) is 1. The van der Waals surface area contributed by atoms with Gasteiger partial charge in [-0.3, -0.25) is 9.59 Å². The Balaban J connectivity index is 1.66. The van der Waals surface area contributed by atoms with E-state index in [9.17, 15) is 9.59 Å². The molecule has 2 aromatic carbocycles. The lowest BCUT2D eigenvalue weighted by molar-refractivity contribution is -0.133. The molecule has 160 valence electrons. The van der Waals surface area contributed by atoms with Crippen LogP contribution in [0, 0.1) is 0 Å². The minimum atomic E-state index is -0.305. The molecule has 1 aliphatic rings. The Kier molecular flexibility index (Phi) is 8.12. The van der Waals surface area contributed by atoms with Crippen LogP contribution < -0.4 is 14.8 Å². The Morgan fingerprint density at radius 3 is 2.30 bits per heavy atom. The van der Waals surface area contributed by atoms with Gasteiger partial charge < -0.3 is 19.7 Å². The molecule has 1 fully saturated rings. The minimum Gasteiger partial charge on any atom is -0.491 e. The van der Waals surface area contributed by atoms with Crippen molar-refractivity contribution in [3.05, 3.63) is 54.1 Å². The van der Waals surface area contributed by atoms with Crippen LogP contribution in [-0.2, 0) is 4.79 Å². The molecule has 1 aliphatic heterocycles. The maximum Gasteiger partial charge on any atom is 0.260 e. The molecule has 0 bridgehead atoms. The fraction of sp³-hybridized carbons (Fsp3) is 0.417. The van der Waals surface area contributed by atoms with E-state index in [0.717, 1.165) is 45.2 Å². The molecule has 2 aromatic rings. The van der Waals surface area contributed by atoms with Crippen LogP contribution in [0.25, 0.3) is 0 Å². The molecule has 0 spiro atoms. The molecular formula is C24H30N2O4. The molecular weight excluding hydrogens is 380 g/mol. The summed E-state index contributed by atoms with van der Waals surface area (Å²) in [6, 6.07) is 14.3. The summed E-state index contributed by atoms with van der Waals surface area (Å²) in [5.41, 5.74) is 0.984. The Morgan fingerprint density at radius 1 is 0.900 bits per heavy atom. The van der Waals surface area contributed by atoms with Crippen molar-refractivity contribution in [1.82, 2.24) is 4.90 Å². The average Bonchev–Trinajstić information content (AvgIpc) is 3.07. The Hall–Kier alpha value is -3.02. The van der Waals surface area contributed by atoms with Gasteiger partial charge in [-0.05, 0) is 43.5 Å². The summed E-state index contributed by atoms with van der Waals surface area (Å²) in [6.45, 7) is 4.09. The summed E-state index contributed by atoms with van der Waals surface area (Å²) in [5, 5.41) is 2.90. The van der Waals surface area contributed by atoms with Crippen molar-refractivity contribution >= 4 is 17.5 Å². The second kappa shape index (κ2) is 11.2. The summed E-state index contributed by atoms with van der Waals surface area (Å²) in [6.07, 6.45) is 5.27. The second-order valence-electron chi connectivity index (χ2n) is 7.38. The molecule has 6 nitrogen and oxygen atoms in total. The van der Waals surface area contributed by atoms with Crippen LogP contribution in [0.2, 0.25) is 0 Å². The molecule has 0 atom stereocenters. The van der Waals surface area contributed by atoms with Crippen LogP contribution in [0.5, 0.6) is 11.5 Å². The number of carbonyl (C=O) groups is 2. The van der Waals surface area contributed by atoms with Gasteiger partial charge in [0.2, 0.25) is 0 Å². The van der Waals surface area contributed by atoms with Crippen molar-refractivity contribution in [3.63, 3.8) is 0 Å². The molecule has 0 unspecified atom stereocenters. The number of anilines is 1. The number of ether oxygens (including phenoxy) is 2. The highest BCUT2D eigenvalue weighted by Crippen LogP contribution is 2.26. The molecule has 0 aromatic heterocycles. The highest BCUT2D eigenvalue weighted by Gasteiger charge is 2.18. The highest BCUT2D eigenvalue weighted by molar-refractivity contribution is 6.06. The molecule has 30 heavy (non-hydrogen) atoms. The number of likely N-dealkylation sites (tertiary alicyclic amines) is 1. The van der Waals surface area contributed by atoms with Gasteiger partial charge in [-0.15, -0.1) is 0 Å². The molecule has 1 heterocycles. The summed E-state index contributed by atoms with van der Waals surface area (Å²) >= 11 is 0. The third kappa shape index (κ3) is 5.99. The van der Waals surface area contributed by atoms with Gasteiger partial charge in [0, 0.05) is 13.1 Å². The van der Waals surface area contributed by atoms with Crippen LogP contribution in [-0.4, -0.2) is 43.0 Å². The lowest BCUT2D eigenvalue weighted by atomic mass is 10.1. The molecule has 2 amide bonds. The predicted octanol–water partition coefficient (Wildman–Crippen LogP) is 4.51. The van der Waals surface area contributed by atoms with Crippen LogP contribution in [0.1, 0.15) is 49.4 Å². The summed E-state index contributed by atoms with van der Waals surface area (Å²) < 4.78 is 11.5. The number of amides is 2. The first-order chi connectivity index (χ1) is 14.7. The Labute approximate surface area is 178 Å². The van der Waals surface area contributed by atoms with Crippen LogP contribution in [0.3, 0.4) is 0 Å². The number of hydrogen-bond acceptors (Lipinski definition) is 4. The monoisotopic (exact) mass is 410 g/mol. The van der Waals surface area contributed by atoms with E-state index in [2.05, 4.69) is 5.32 Å². The maximum absolute atomic E-state index is 12.9. The van der Waals surface area contributed by atoms with Crippen LogP contribution >= 0.6 is 0 Å². The van der Waals surface area contributed by atoms with Gasteiger partial charge in [0.05, 0.1) is 17.9 Å².